The molecular formula is C14H20Cl2FNO. The third-order valence-corrected chi connectivity index (χ3v) is 4.06. The third kappa shape index (κ3) is 4.06. The maximum absolute atomic E-state index is 13.8. The molecule has 0 heterocycles. The lowest BCUT2D eigenvalue weighted by atomic mass is 9.81. The minimum absolute atomic E-state index is 0. The Hall–Kier alpha value is -0.350. The molecule has 2 atom stereocenters. The zero-order chi connectivity index (χ0) is 13.1. The predicted molar refractivity (Wildman–Crippen MR) is 78.2 cm³/mol. The molecule has 2 rings (SSSR count). The van der Waals surface area contributed by atoms with E-state index in [4.69, 9.17) is 17.3 Å². The summed E-state index contributed by atoms with van der Waals surface area (Å²) in [6, 6.07) is 3.73. The first kappa shape index (κ1) is 16.7. The van der Waals surface area contributed by atoms with Crippen LogP contribution in [0.1, 0.15) is 43.7 Å². The molecule has 5 heteroatoms. The Balaban J connectivity index is 0.00000180. The van der Waals surface area contributed by atoms with Crippen molar-refractivity contribution in [1.82, 2.24) is 0 Å². The van der Waals surface area contributed by atoms with Gasteiger partial charge in [0.05, 0.1) is 12.1 Å². The Morgan fingerprint density at radius 3 is 2.47 bits per heavy atom. The highest BCUT2D eigenvalue weighted by Crippen LogP contribution is 2.32. The molecule has 1 aromatic rings. The lowest BCUT2D eigenvalue weighted by molar-refractivity contribution is 0.0608. The molecule has 2 nitrogen and oxygen atoms in total. The molecule has 1 aliphatic rings. The van der Waals surface area contributed by atoms with Gasteiger partial charge in [0.15, 0.2) is 0 Å². The number of rotatable bonds is 3. The second kappa shape index (κ2) is 7.44. The summed E-state index contributed by atoms with van der Waals surface area (Å²) in [5, 5.41) is 10.6. The van der Waals surface area contributed by atoms with Crippen molar-refractivity contribution in [3.8, 4) is 0 Å². The number of hydrogen-bond donors (Lipinski definition) is 2. The van der Waals surface area contributed by atoms with Crippen molar-refractivity contribution in [3.05, 3.63) is 34.6 Å². The highest BCUT2D eigenvalue weighted by molar-refractivity contribution is 6.30. The summed E-state index contributed by atoms with van der Waals surface area (Å²) >= 11 is 5.71. The van der Waals surface area contributed by atoms with Crippen LogP contribution in [0.3, 0.4) is 0 Å². The van der Waals surface area contributed by atoms with Crippen LogP contribution in [0.15, 0.2) is 18.2 Å². The minimum atomic E-state index is -0.680. The van der Waals surface area contributed by atoms with Gasteiger partial charge in [0.25, 0.3) is 0 Å². The Labute approximate surface area is 124 Å². The van der Waals surface area contributed by atoms with E-state index < -0.39 is 18.0 Å². The van der Waals surface area contributed by atoms with Gasteiger partial charge in [-0.2, -0.15) is 0 Å². The number of hydrogen-bond acceptors (Lipinski definition) is 2. The first-order chi connectivity index (χ1) is 8.59. The summed E-state index contributed by atoms with van der Waals surface area (Å²) in [4.78, 5) is 0. The van der Waals surface area contributed by atoms with Crippen molar-refractivity contribution >= 4 is 24.0 Å². The molecule has 3 N–H and O–H groups in total. The van der Waals surface area contributed by atoms with Gasteiger partial charge in [-0.15, -0.1) is 12.4 Å². The van der Waals surface area contributed by atoms with Crippen LogP contribution in [0.4, 0.5) is 4.39 Å². The van der Waals surface area contributed by atoms with Gasteiger partial charge in [0, 0.05) is 10.6 Å². The Kier molecular flexibility index (Phi) is 6.54. The summed E-state index contributed by atoms with van der Waals surface area (Å²) in [7, 11) is 0. The topological polar surface area (TPSA) is 46.2 Å². The van der Waals surface area contributed by atoms with Gasteiger partial charge in [-0.3, -0.25) is 0 Å². The Morgan fingerprint density at radius 1 is 1.26 bits per heavy atom. The van der Waals surface area contributed by atoms with Gasteiger partial charge in [0.2, 0.25) is 0 Å². The molecule has 108 valence electrons. The highest BCUT2D eigenvalue weighted by Gasteiger charge is 2.28. The average Bonchev–Trinajstić information content (AvgIpc) is 2.38. The molecule has 0 saturated heterocycles. The van der Waals surface area contributed by atoms with Gasteiger partial charge in [0.1, 0.15) is 5.82 Å². The van der Waals surface area contributed by atoms with Crippen molar-refractivity contribution in [2.75, 3.05) is 0 Å². The summed E-state index contributed by atoms with van der Waals surface area (Å²) in [6.07, 6.45) is 4.73. The number of benzene rings is 1. The van der Waals surface area contributed by atoms with Gasteiger partial charge >= 0.3 is 0 Å². The second-order valence-corrected chi connectivity index (χ2v) is 5.52. The average molecular weight is 308 g/mol. The molecule has 0 bridgehead atoms. The number of halogens is 3. The van der Waals surface area contributed by atoms with E-state index >= 15 is 0 Å². The lowest BCUT2D eigenvalue weighted by Crippen LogP contribution is -2.34. The summed E-state index contributed by atoms with van der Waals surface area (Å²) in [5.41, 5.74) is 6.33. The minimum Gasteiger partial charge on any atom is -0.391 e. The third-order valence-electron chi connectivity index (χ3n) is 3.82. The quantitative estimate of drug-likeness (QED) is 0.891. The van der Waals surface area contributed by atoms with Gasteiger partial charge in [-0.1, -0.05) is 36.9 Å². The molecule has 1 aromatic carbocycles. The fourth-order valence-corrected chi connectivity index (χ4v) is 2.88. The second-order valence-electron chi connectivity index (χ2n) is 5.08. The van der Waals surface area contributed by atoms with Gasteiger partial charge in [-0.05, 0) is 30.9 Å². The van der Waals surface area contributed by atoms with E-state index in [1.807, 2.05) is 0 Å². The Bertz CT molecular complexity index is 410. The lowest BCUT2D eigenvalue weighted by Gasteiger charge is -2.30. The van der Waals surface area contributed by atoms with Crippen LogP contribution in [0.2, 0.25) is 5.02 Å². The van der Waals surface area contributed by atoms with E-state index in [9.17, 15) is 9.50 Å². The molecule has 0 aromatic heterocycles. The van der Waals surface area contributed by atoms with Crippen molar-refractivity contribution in [3.63, 3.8) is 0 Å². The van der Waals surface area contributed by atoms with Crippen LogP contribution in [0.5, 0.6) is 0 Å². The van der Waals surface area contributed by atoms with Crippen molar-refractivity contribution < 1.29 is 9.50 Å². The van der Waals surface area contributed by atoms with Gasteiger partial charge < -0.3 is 10.8 Å². The Morgan fingerprint density at radius 2 is 1.89 bits per heavy atom. The molecule has 0 spiro atoms. The van der Waals surface area contributed by atoms with Crippen molar-refractivity contribution in [1.29, 1.82) is 0 Å². The standard InChI is InChI=1S/C14H19ClFNO.ClH/c15-10-6-7-11(12(16)8-10)13(17)14(18)9-4-2-1-3-5-9;/h6-9,13-14,18H,1-5,17H2;1H/t13-,14+;/m0./s1. The van der Waals surface area contributed by atoms with E-state index in [0.29, 0.717) is 10.6 Å². The van der Waals surface area contributed by atoms with E-state index in [2.05, 4.69) is 0 Å². The summed E-state index contributed by atoms with van der Waals surface area (Å²) < 4.78 is 13.8. The van der Waals surface area contributed by atoms with Crippen LogP contribution in [-0.2, 0) is 0 Å². The zero-order valence-electron chi connectivity index (χ0n) is 10.7. The maximum Gasteiger partial charge on any atom is 0.129 e. The normalized spacial score (nSPS) is 19.6. The molecule has 0 unspecified atom stereocenters. The fraction of sp³-hybridized carbons (Fsp3) is 0.571. The van der Waals surface area contributed by atoms with Crippen LogP contribution in [0, 0.1) is 11.7 Å². The van der Waals surface area contributed by atoms with Crippen molar-refractivity contribution in [2.24, 2.45) is 11.7 Å². The van der Waals surface area contributed by atoms with Crippen LogP contribution in [-0.4, -0.2) is 11.2 Å². The predicted octanol–water partition coefficient (Wildman–Crippen LogP) is 3.84. The van der Waals surface area contributed by atoms with E-state index in [0.717, 1.165) is 25.7 Å². The highest BCUT2D eigenvalue weighted by atomic mass is 35.5. The SMILES string of the molecule is Cl.N[C@@H](c1ccc(Cl)cc1F)[C@H](O)C1CCCCC1. The summed E-state index contributed by atoms with van der Waals surface area (Å²) in [5.74, 6) is -0.256. The molecule has 0 radical (unpaired) electrons. The maximum atomic E-state index is 13.8. The molecule has 1 fully saturated rings. The van der Waals surface area contributed by atoms with Crippen molar-refractivity contribution in [2.45, 2.75) is 44.2 Å². The molecule has 1 aliphatic carbocycles. The smallest absolute Gasteiger partial charge is 0.129 e. The molecule has 0 aliphatic heterocycles. The first-order valence-electron chi connectivity index (χ1n) is 6.48. The van der Waals surface area contributed by atoms with E-state index in [-0.39, 0.29) is 18.3 Å². The fourth-order valence-electron chi connectivity index (χ4n) is 2.72. The zero-order valence-corrected chi connectivity index (χ0v) is 12.3. The largest absolute Gasteiger partial charge is 0.391 e. The van der Waals surface area contributed by atoms with E-state index in [1.165, 1.54) is 12.5 Å². The number of aliphatic hydroxyl groups is 1. The molecule has 0 amide bonds. The molecular weight excluding hydrogens is 288 g/mol. The molecule has 1 saturated carbocycles. The number of nitrogens with two attached hydrogens (primary N) is 1. The number of aliphatic hydroxyl groups excluding tert-OH is 1. The summed E-state index contributed by atoms with van der Waals surface area (Å²) in [6.45, 7) is 0. The van der Waals surface area contributed by atoms with Crippen LogP contribution >= 0.6 is 24.0 Å². The van der Waals surface area contributed by atoms with Crippen LogP contribution < -0.4 is 5.73 Å². The first-order valence-corrected chi connectivity index (χ1v) is 6.86. The monoisotopic (exact) mass is 307 g/mol. The van der Waals surface area contributed by atoms with Gasteiger partial charge in [-0.25, -0.2) is 4.39 Å². The molecule has 19 heavy (non-hydrogen) atoms. The van der Waals surface area contributed by atoms with E-state index in [1.54, 1.807) is 12.1 Å². The van der Waals surface area contributed by atoms with Crippen LogP contribution in [0.25, 0.3) is 0 Å².